The fourth-order valence-corrected chi connectivity index (χ4v) is 2.70. The van der Waals surface area contributed by atoms with Crippen LogP contribution < -0.4 is 14.8 Å². The molecule has 0 aliphatic rings. The SMILES string of the molecule is COc1ccc(CCNC(=O)/C=C/c2ccc(Cl)cc2Cl)cc1OC. The minimum absolute atomic E-state index is 0.188. The van der Waals surface area contributed by atoms with Crippen molar-refractivity contribution in [2.24, 2.45) is 0 Å². The quantitative estimate of drug-likeness (QED) is 0.725. The van der Waals surface area contributed by atoms with Crippen LogP contribution in [0.1, 0.15) is 11.1 Å². The molecule has 0 spiro atoms. The minimum Gasteiger partial charge on any atom is -0.493 e. The number of rotatable bonds is 7. The fourth-order valence-electron chi connectivity index (χ4n) is 2.23. The van der Waals surface area contributed by atoms with Crippen LogP contribution in [0.3, 0.4) is 0 Å². The van der Waals surface area contributed by atoms with Crippen LogP contribution in [0.4, 0.5) is 0 Å². The van der Waals surface area contributed by atoms with Crippen molar-refractivity contribution < 1.29 is 14.3 Å². The number of ether oxygens (including phenoxy) is 2. The number of hydrogen-bond donors (Lipinski definition) is 1. The topological polar surface area (TPSA) is 47.6 Å². The van der Waals surface area contributed by atoms with E-state index < -0.39 is 0 Å². The van der Waals surface area contributed by atoms with E-state index in [1.165, 1.54) is 6.08 Å². The molecular weight excluding hydrogens is 361 g/mol. The molecule has 0 aliphatic heterocycles. The lowest BCUT2D eigenvalue weighted by Crippen LogP contribution is -2.23. The Morgan fingerprint density at radius 2 is 1.84 bits per heavy atom. The van der Waals surface area contributed by atoms with E-state index in [0.29, 0.717) is 34.5 Å². The molecule has 0 radical (unpaired) electrons. The molecule has 2 rings (SSSR count). The second kappa shape index (κ2) is 9.35. The van der Waals surface area contributed by atoms with E-state index in [4.69, 9.17) is 32.7 Å². The summed E-state index contributed by atoms with van der Waals surface area (Å²) in [7, 11) is 3.19. The van der Waals surface area contributed by atoms with E-state index in [1.54, 1.807) is 38.5 Å². The smallest absolute Gasteiger partial charge is 0.244 e. The zero-order valence-electron chi connectivity index (χ0n) is 14.0. The Morgan fingerprint density at radius 1 is 1.08 bits per heavy atom. The van der Waals surface area contributed by atoms with Gasteiger partial charge in [-0.3, -0.25) is 4.79 Å². The minimum atomic E-state index is -0.188. The third-order valence-corrected chi connectivity index (χ3v) is 4.10. The first-order chi connectivity index (χ1) is 12.0. The highest BCUT2D eigenvalue weighted by molar-refractivity contribution is 6.35. The van der Waals surface area contributed by atoms with Crippen molar-refractivity contribution in [3.05, 3.63) is 63.6 Å². The molecule has 2 aromatic carbocycles. The van der Waals surface area contributed by atoms with E-state index in [1.807, 2.05) is 18.2 Å². The van der Waals surface area contributed by atoms with Crippen LogP contribution in [0.5, 0.6) is 11.5 Å². The average Bonchev–Trinajstić information content (AvgIpc) is 2.60. The normalized spacial score (nSPS) is 10.7. The lowest BCUT2D eigenvalue weighted by atomic mass is 10.1. The van der Waals surface area contributed by atoms with Crippen molar-refractivity contribution in [2.45, 2.75) is 6.42 Å². The first kappa shape index (κ1) is 19.2. The average molecular weight is 380 g/mol. The highest BCUT2D eigenvalue weighted by Gasteiger charge is 2.05. The Balaban J connectivity index is 1.87. The molecule has 25 heavy (non-hydrogen) atoms. The highest BCUT2D eigenvalue weighted by atomic mass is 35.5. The summed E-state index contributed by atoms with van der Waals surface area (Å²) in [6.45, 7) is 0.507. The maximum Gasteiger partial charge on any atom is 0.244 e. The number of nitrogens with one attached hydrogen (secondary N) is 1. The summed E-state index contributed by atoms with van der Waals surface area (Å²) in [5.74, 6) is 1.16. The fraction of sp³-hybridized carbons (Fsp3) is 0.211. The predicted molar refractivity (Wildman–Crippen MR) is 102 cm³/mol. The summed E-state index contributed by atoms with van der Waals surface area (Å²) < 4.78 is 10.5. The molecule has 0 unspecified atom stereocenters. The molecule has 1 amide bonds. The van der Waals surface area contributed by atoms with Crippen molar-refractivity contribution in [3.8, 4) is 11.5 Å². The van der Waals surface area contributed by atoms with Crippen LogP contribution in [0.15, 0.2) is 42.5 Å². The molecular formula is C19H19Cl2NO3. The standard InChI is InChI=1S/C19H19Cl2NO3/c1-24-17-7-3-13(11-18(17)25-2)9-10-22-19(23)8-5-14-4-6-15(20)12-16(14)21/h3-8,11-12H,9-10H2,1-2H3,(H,22,23)/b8-5+. The van der Waals surface area contributed by atoms with Crippen LogP contribution >= 0.6 is 23.2 Å². The summed E-state index contributed by atoms with van der Waals surface area (Å²) in [5.41, 5.74) is 1.78. The van der Waals surface area contributed by atoms with Crippen molar-refractivity contribution in [1.29, 1.82) is 0 Å². The molecule has 6 heteroatoms. The van der Waals surface area contributed by atoms with Crippen LogP contribution in [0.2, 0.25) is 10.0 Å². The lowest BCUT2D eigenvalue weighted by molar-refractivity contribution is -0.116. The molecule has 0 fully saturated rings. The molecule has 2 aromatic rings. The molecule has 0 saturated carbocycles. The van der Waals surface area contributed by atoms with Crippen molar-refractivity contribution >= 4 is 35.2 Å². The predicted octanol–water partition coefficient (Wildman–Crippen LogP) is 4.38. The van der Waals surface area contributed by atoms with Crippen LogP contribution in [-0.2, 0) is 11.2 Å². The Hall–Kier alpha value is -2.17. The number of methoxy groups -OCH3 is 2. The van der Waals surface area contributed by atoms with Gasteiger partial charge in [0.2, 0.25) is 5.91 Å². The Kier molecular flexibility index (Phi) is 7.16. The van der Waals surface area contributed by atoms with E-state index in [9.17, 15) is 4.79 Å². The third kappa shape index (κ3) is 5.69. The Bertz CT molecular complexity index is 775. The number of hydrogen-bond acceptors (Lipinski definition) is 3. The monoisotopic (exact) mass is 379 g/mol. The number of benzene rings is 2. The summed E-state index contributed by atoms with van der Waals surface area (Å²) in [6.07, 6.45) is 3.79. The maximum atomic E-state index is 11.9. The largest absolute Gasteiger partial charge is 0.493 e. The highest BCUT2D eigenvalue weighted by Crippen LogP contribution is 2.27. The molecule has 4 nitrogen and oxygen atoms in total. The molecule has 0 heterocycles. The van der Waals surface area contributed by atoms with Gasteiger partial charge in [0, 0.05) is 22.7 Å². The summed E-state index contributed by atoms with van der Waals surface area (Å²) in [5, 5.41) is 3.89. The summed E-state index contributed by atoms with van der Waals surface area (Å²) in [6, 6.07) is 10.8. The van der Waals surface area contributed by atoms with Crippen molar-refractivity contribution in [2.75, 3.05) is 20.8 Å². The molecule has 1 N–H and O–H groups in total. The van der Waals surface area contributed by atoms with Gasteiger partial charge >= 0.3 is 0 Å². The van der Waals surface area contributed by atoms with Crippen LogP contribution in [0, 0.1) is 0 Å². The van der Waals surface area contributed by atoms with Gasteiger partial charge < -0.3 is 14.8 Å². The first-order valence-corrected chi connectivity index (χ1v) is 8.41. The number of carbonyl (C=O) groups excluding carboxylic acids is 1. The van der Waals surface area contributed by atoms with E-state index in [-0.39, 0.29) is 5.91 Å². The molecule has 0 atom stereocenters. The van der Waals surface area contributed by atoms with Gasteiger partial charge in [0.25, 0.3) is 0 Å². The van der Waals surface area contributed by atoms with Gasteiger partial charge in [-0.15, -0.1) is 0 Å². The van der Waals surface area contributed by atoms with Gasteiger partial charge in [-0.05, 0) is 47.9 Å². The first-order valence-electron chi connectivity index (χ1n) is 7.65. The lowest BCUT2D eigenvalue weighted by Gasteiger charge is -2.09. The van der Waals surface area contributed by atoms with Gasteiger partial charge in [-0.25, -0.2) is 0 Å². The summed E-state index contributed by atoms with van der Waals surface area (Å²) >= 11 is 11.9. The molecule has 0 saturated heterocycles. The zero-order chi connectivity index (χ0) is 18.2. The summed E-state index contributed by atoms with van der Waals surface area (Å²) in [4.78, 5) is 11.9. The molecule has 0 aliphatic carbocycles. The zero-order valence-corrected chi connectivity index (χ0v) is 15.5. The molecule has 0 aromatic heterocycles. The van der Waals surface area contributed by atoms with Crippen LogP contribution in [-0.4, -0.2) is 26.7 Å². The second-order valence-electron chi connectivity index (χ2n) is 5.23. The van der Waals surface area contributed by atoms with E-state index in [2.05, 4.69) is 5.32 Å². The van der Waals surface area contributed by atoms with Gasteiger partial charge in [0.05, 0.1) is 14.2 Å². The molecule has 0 bridgehead atoms. The Morgan fingerprint density at radius 3 is 2.52 bits per heavy atom. The van der Waals surface area contributed by atoms with Crippen molar-refractivity contribution in [1.82, 2.24) is 5.32 Å². The maximum absolute atomic E-state index is 11.9. The van der Waals surface area contributed by atoms with Crippen LogP contribution in [0.25, 0.3) is 6.08 Å². The van der Waals surface area contributed by atoms with Gasteiger partial charge in [0.1, 0.15) is 0 Å². The van der Waals surface area contributed by atoms with E-state index >= 15 is 0 Å². The van der Waals surface area contributed by atoms with Crippen molar-refractivity contribution in [3.63, 3.8) is 0 Å². The number of carbonyl (C=O) groups is 1. The van der Waals surface area contributed by atoms with Gasteiger partial charge in [-0.1, -0.05) is 35.3 Å². The Labute approximate surface area is 157 Å². The van der Waals surface area contributed by atoms with Gasteiger partial charge in [-0.2, -0.15) is 0 Å². The third-order valence-electron chi connectivity index (χ3n) is 3.54. The second-order valence-corrected chi connectivity index (χ2v) is 6.07. The van der Waals surface area contributed by atoms with Gasteiger partial charge in [0.15, 0.2) is 11.5 Å². The molecule has 132 valence electrons. The number of halogens is 2. The van der Waals surface area contributed by atoms with E-state index in [0.717, 1.165) is 11.1 Å². The number of amides is 1.